The van der Waals surface area contributed by atoms with Crippen LogP contribution in [0.4, 0.5) is 0 Å². The largest absolute Gasteiger partial charge is 0.454 e. The van der Waals surface area contributed by atoms with E-state index in [0.717, 1.165) is 5.56 Å². The monoisotopic (exact) mass is 423 g/mol. The molecule has 0 spiro atoms. The minimum Gasteiger partial charge on any atom is -0.454 e. The van der Waals surface area contributed by atoms with Crippen molar-refractivity contribution in [3.8, 4) is 11.5 Å². The molecule has 0 aromatic heterocycles. The first-order valence-corrected chi connectivity index (χ1v) is 11.0. The highest BCUT2D eigenvalue weighted by Crippen LogP contribution is 2.64. The molecule has 1 saturated carbocycles. The van der Waals surface area contributed by atoms with E-state index in [9.17, 15) is 8.42 Å². The molecule has 1 aliphatic heterocycles. The molecule has 0 unspecified atom stereocenters. The molecule has 1 aliphatic carbocycles. The summed E-state index contributed by atoms with van der Waals surface area (Å²) in [6.07, 6.45) is 0. The minimum absolute atomic E-state index is 0.164. The van der Waals surface area contributed by atoms with E-state index < -0.39 is 20.5 Å². The van der Waals surface area contributed by atoms with E-state index in [2.05, 4.69) is 0 Å². The molecule has 8 heteroatoms. The van der Waals surface area contributed by atoms with Gasteiger partial charge in [0.1, 0.15) is 0 Å². The van der Waals surface area contributed by atoms with Gasteiger partial charge >= 0.3 is 0 Å². The summed E-state index contributed by atoms with van der Waals surface area (Å²) in [6, 6.07) is 11.8. The average molecular weight is 424 g/mol. The summed E-state index contributed by atoms with van der Waals surface area (Å²) in [6.45, 7) is 3.01. The van der Waals surface area contributed by atoms with Gasteiger partial charge in [-0.3, -0.25) is 0 Å². The topological polar surface area (TPSA) is 87.8 Å². The van der Waals surface area contributed by atoms with Crippen molar-refractivity contribution in [1.29, 1.82) is 0 Å². The lowest BCUT2D eigenvalue weighted by molar-refractivity contribution is 0.101. The number of nitrogens with two attached hydrogens (primary N) is 1. The molecule has 0 radical (unpaired) electrons. The first kappa shape index (κ1) is 19.5. The SMILES string of the molecule is CCOC[C@@]1(CN)[C@@H](c2ccc3c(c2)OCO3)[C@@H]1S(=O)(=O)c1ccc(Cl)cc1. The third-order valence-electron chi connectivity index (χ3n) is 5.57. The van der Waals surface area contributed by atoms with Crippen LogP contribution >= 0.6 is 11.6 Å². The fourth-order valence-electron chi connectivity index (χ4n) is 4.09. The summed E-state index contributed by atoms with van der Waals surface area (Å²) in [5.74, 6) is 0.985. The molecule has 4 rings (SSSR count). The number of hydrogen-bond donors (Lipinski definition) is 1. The molecule has 2 aromatic rings. The molecule has 1 fully saturated rings. The molecule has 6 nitrogen and oxygen atoms in total. The van der Waals surface area contributed by atoms with Crippen molar-refractivity contribution in [2.75, 3.05) is 26.6 Å². The van der Waals surface area contributed by atoms with Crippen LogP contribution in [0.3, 0.4) is 0 Å². The maximum atomic E-state index is 13.5. The number of ether oxygens (including phenoxy) is 3. The maximum Gasteiger partial charge on any atom is 0.231 e. The van der Waals surface area contributed by atoms with E-state index in [1.54, 1.807) is 12.1 Å². The lowest BCUT2D eigenvalue weighted by atomic mass is 9.99. The van der Waals surface area contributed by atoms with Gasteiger partial charge in [0.05, 0.1) is 16.8 Å². The highest BCUT2D eigenvalue weighted by molar-refractivity contribution is 7.92. The van der Waals surface area contributed by atoms with E-state index in [-0.39, 0.29) is 30.8 Å². The van der Waals surface area contributed by atoms with Gasteiger partial charge in [-0.15, -0.1) is 0 Å². The summed E-state index contributed by atoms with van der Waals surface area (Å²) >= 11 is 5.93. The first-order valence-electron chi connectivity index (χ1n) is 9.11. The molecule has 0 amide bonds. The van der Waals surface area contributed by atoms with E-state index >= 15 is 0 Å². The van der Waals surface area contributed by atoms with Crippen LogP contribution in [0, 0.1) is 5.41 Å². The van der Waals surface area contributed by atoms with Crippen molar-refractivity contribution in [3.05, 3.63) is 53.1 Å². The Morgan fingerprint density at radius 3 is 2.57 bits per heavy atom. The summed E-state index contributed by atoms with van der Waals surface area (Å²) < 4.78 is 43.4. The van der Waals surface area contributed by atoms with Crippen molar-refractivity contribution in [2.45, 2.75) is 23.0 Å². The Balaban J connectivity index is 1.75. The van der Waals surface area contributed by atoms with Crippen molar-refractivity contribution in [2.24, 2.45) is 11.1 Å². The van der Waals surface area contributed by atoms with Crippen molar-refractivity contribution < 1.29 is 22.6 Å². The molecule has 0 saturated heterocycles. The predicted octanol–water partition coefficient (Wildman–Crippen LogP) is 2.99. The van der Waals surface area contributed by atoms with Crippen LogP contribution in [0.5, 0.6) is 11.5 Å². The van der Waals surface area contributed by atoms with Crippen molar-refractivity contribution in [1.82, 2.24) is 0 Å². The number of sulfone groups is 1. The Kier molecular flexibility index (Phi) is 5.03. The van der Waals surface area contributed by atoms with Crippen LogP contribution in [-0.4, -0.2) is 40.2 Å². The third-order valence-corrected chi connectivity index (χ3v) is 8.16. The summed E-state index contributed by atoms with van der Waals surface area (Å²) in [4.78, 5) is 0.236. The molecule has 28 heavy (non-hydrogen) atoms. The number of fused-ring (bicyclic) bond motifs is 1. The van der Waals surface area contributed by atoms with Crippen LogP contribution in [-0.2, 0) is 14.6 Å². The summed E-state index contributed by atoms with van der Waals surface area (Å²) in [5.41, 5.74) is 6.28. The van der Waals surface area contributed by atoms with Gasteiger partial charge in [-0.05, 0) is 48.9 Å². The summed E-state index contributed by atoms with van der Waals surface area (Å²) in [7, 11) is -3.63. The standard InChI is InChI=1S/C20H22ClNO5S/c1-2-25-11-20(10-22)18(13-3-8-16-17(9-13)27-12-26-16)19(20)28(23,24)15-6-4-14(21)5-7-15/h3-9,18-19H,2,10-12,22H2,1H3/t18-,19-,20-/m0/s1. The Morgan fingerprint density at radius 1 is 1.18 bits per heavy atom. The van der Waals surface area contributed by atoms with Crippen LogP contribution in [0.25, 0.3) is 0 Å². The van der Waals surface area contributed by atoms with Gasteiger partial charge in [-0.25, -0.2) is 8.42 Å². The fourth-order valence-corrected chi connectivity index (χ4v) is 6.66. The second-order valence-corrected chi connectivity index (χ2v) is 9.59. The molecular weight excluding hydrogens is 402 g/mol. The van der Waals surface area contributed by atoms with E-state index in [0.29, 0.717) is 23.1 Å². The Hall–Kier alpha value is -1.80. The van der Waals surface area contributed by atoms with Crippen LogP contribution in [0.2, 0.25) is 5.02 Å². The normalized spacial score (nSPS) is 25.7. The molecule has 2 aliphatic rings. The smallest absolute Gasteiger partial charge is 0.231 e. The number of benzene rings is 2. The van der Waals surface area contributed by atoms with Gasteiger partial charge in [0.15, 0.2) is 21.3 Å². The van der Waals surface area contributed by atoms with Gasteiger partial charge in [-0.1, -0.05) is 17.7 Å². The van der Waals surface area contributed by atoms with Gasteiger partial charge in [-0.2, -0.15) is 0 Å². The molecule has 1 heterocycles. The zero-order valence-corrected chi connectivity index (χ0v) is 17.0. The van der Waals surface area contributed by atoms with Crippen LogP contribution in [0.1, 0.15) is 18.4 Å². The van der Waals surface area contributed by atoms with E-state index in [1.165, 1.54) is 12.1 Å². The highest BCUT2D eigenvalue weighted by atomic mass is 35.5. The second-order valence-electron chi connectivity index (χ2n) is 7.08. The highest BCUT2D eigenvalue weighted by Gasteiger charge is 2.70. The van der Waals surface area contributed by atoms with E-state index in [4.69, 9.17) is 31.5 Å². The lowest BCUT2D eigenvalue weighted by Gasteiger charge is -2.16. The molecular formula is C20H22ClNO5S. The van der Waals surface area contributed by atoms with Crippen molar-refractivity contribution in [3.63, 3.8) is 0 Å². The van der Waals surface area contributed by atoms with Crippen LogP contribution < -0.4 is 15.2 Å². The van der Waals surface area contributed by atoms with Crippen molar-refractivity contribution >= 4 is 21.4 Å². The van der Waals surface area contributed by atoms with Crippen LogP contribution in [0.15, 0.2) is 47.4 Å². The minimum atomic E-state index is -3.63. The maximum absolute atomic E-state index is 13.5. The second kappa shape index (κ2) is 7.22. The summed E-state index contributed by atoms with van der Waals surface area (Å²) in [5, 5.41) is -0.195. The molecule has 150 valence electrons. The molecule has 2 aromatic carbocycles. The fraction of sp³-hybridized carbons (Fsp3) is 0.400. The van der Waals surface area contributed by atoms with Gasteiger partial charge in [0.25, 0.3) is 0 Å². The lowest BCUT2D eigenvalue weighted by Crippen LogP contribution is -2.29. The molecule has 2 N–H and O–H groups in total. The molecule has 0 bridgehead atoms. The Morgan fingerprint density at radius 2 is 1.89 bits per heavy atom. The Bertz CT molecular complexity index is 979. The quantitative estimate of drug-likeness (QED) is 0.736. The number of halogens is 1. The zero-order valence-electron chi connectivity index (χ0n) is 15.4. The number of rotatable bonds is 7. The average Bonchev–Trinajstić information content (AvgIpc) is 3.15. The van der Waals surface area contributed by atoms with Gasteiger partial charge in [0, 0.05) is 29.5 Å². The predicted molar refractivity (Wildman–Crippen MR) is 106 cm³/mol. The first-order chi connectivity index (χ1) is 13.4. The third kappa shape index (κ3) is 3.06. The van der Waals surface area contributed by atoms with Gasteiger partial charge in [0.2, 0.25) is 6.79 Å². The van der Waals surface area contributed by atoms with E-state index in [1.807, 2.05) is 25.1 Å². The zero-order chi connectivity index (χ0) is 19.9. The number of hydrogen-bond acceptors (Lipinski definition) is 6. The Labute approximate surface area is 169 Å². The van der Waals surface area contributed by atoms with Gasteiger partial charge < -0.3 is 19.9 Å². The molecule has 3 atom stereocenters.